The number of rotatable bonds is 5. The van der Waals surface area contributed by atoms with Crippen molar-refractivity contribution in [2.75, 3.05) is 5.01 Å². The maximum atomic E-state index is 11.8. The first-order chi connectivity index (χ1) is 14.3. The molecule has 3 aromatic rings. The average Bonchev–Trinajstić information content (AvgIpc) is 3.19. The van der Waals surface area contributed by atoms with Gasteiger partial charge in [-0.3, -0.25) is 5.01 Å². The smallest absolute Gasteiger partial charge is 0.336 e. The molecule has 4 rings (SSSR count). The Kier molecular flexibility index (Phi) is 5.11. The molecule has 3 aromatic carbocycles. The normalized spacial score (nSPS) is 16.4. The zero-order valence-corrected chi connectivity index (χ0v) is 16.7. The molecule has 0 aromatic heterocycles. The third-order valence-corrected chi connectivity index (χ3v) is 5.93. The molecule has 0 radical (unpaired) electrons. The van der Waals surface area contributed by atoms with E-state index >= 15 is 0 Å². The SMILES string of the molecule is NS(=O)(=O)c1ccc(N2N=C(c3ccccc3)CC2c2ccccc2C(=O)O)cc1. The minimum atomic E-state index is -3.81. The van der Waals surface area contributed by atoms with Gasteiger partial charge in [-0.05, 0) is 41.5 Å². The lowest BCUT2D eigenvalue weighted by Gasteiger charge is -2.25. The number of carboxylic acid groups (broad SMARTS) is 1. The highest BCUT2D eigenvalue weighted by atomic mass is 32.2. The molecule has 0 saturated heterocycles. The predicted molar refractivity (Wildman–Crippen MR) is 114 cm³/mol. The van der Waals surface area contributed by atoms with Gasteiger partial charge in [-0.15, -0.1) is 0 Å². The third-order valence-electron chi connectivity index (χ3n) is 5.00. The van der Waals surface area contributed by atoms with E-state index < -0.39 is 16.0 Å². The van der Waals surface area contributed by atoms with Crippen LogP contribution in [-0.4, -0.2) is 25.2 Å². The first kappa shape index (κ1) is 19.8. The van der Waals surface area contributed by atoms with Gasteiger partial charge in [-0.1, -0.05) is 48.5 Å². The fourth-order valence-corrected chi connectivity index (χ4v) is 4.08. The van der Waals surface area contributed by atoms with E-state index in [2.05, 4.69) is 0 Å². The summed E-state index contributed by atoms with van der Waals surface area (Å²) in [6.07, 6.45) is 0.505. The lowest BCUT2D eigenvalue weighted by atomic mass is 9.94. The standard InChI is InChI=1S/C22H19N3O4S/c23-30(28,29)17-12-10-16(11-13-17)25-21(18-8-4-5-9-19(18)22(26)27)14-20(24-25)15-6-2-1-3-7-15/h1-13,21H,14H2,(H,26,27)(H2,23,28,29). The maximum Gasteiger partial charge on any atom is 0.336 e. The number of hydrogen-bond donors (Lipinski definition) is 2. The van der Waals surface area contributed by atoms with Crippen molar-refractivity contribution >= 4 is 27.4 Å². The highest BCUT2D eigenvalue weighted by Crippen LogP contribution is 2.38. The zero-order chi connectivity index (χ0) is 21.3. The van der Waals surface area contributed by atoms with Crippen LogP contribution >= 0.6 is 0 Å². The summed E-state index contributed by atoms with van der Waals surface area (Å²) in [5.41, 5.74) is 3.24. The number of aromatic carboxylic acids is 1. The number of sulfonamides is 1. The van der Waals surface area contributed by atoms with Crippen molar-refractivity contribution in [1.82, 2.24) is 0 Å². The molecule has 1 aliphatic heterocycles. The van der Waals surface area contributed by atoms with Crippen LogP contribution in [0.4, 0.5) is 5.69 Å². The summed E-state index contributed by atoms with van der Waals surface area (Å²) in [4.78, 5) is 11.8. The van der Waals surface area contributed by atoms with E-state index in [1.807, 2.05) is 30.3 Å². The Morgan fingerprint density at radius 2 is 1.60 bits per heavy atom. The van der Waals surface area contributed by atoms with Crippen LogP contribution in [0, 0.1) is 0 Å². The number of carbonyl (C=O) groups is 1. The molecule has 1 aliphatic rings. The molecule has 1 atom stereocenters. The van der Waals surface area contributed by atoms with Crippen LogP contribution in [0.15, 0.2) is 88.9 Å². The highest BCUT2D eigenvalue weighted by Gasteiger charge is 2.32. The second-order valence-electron chi connectivity index (χ2n) is 6.91. The van der Waals surface area contributed by atoms with Crippen molar-refractivity contribution < 1.29 is 18.3 Å². The van der Waals surface area contributed by atoms with Gasteiger partial charge < -0.3 is 5.11 Å². The topological polar surface area (TPSA) is 113 Å². The van der Waals surface area contributed by atoms with Gasteiger partial charge >= 0.3 is 5.97 Å². The second kappa shape index (κ2) is 7.74. The van der Waals surface area contributed by atoms with Crippen molar-refractivity contribution in [3.8, 4) is 0 Å². The number of nitrogens with two attached hydrogens (primary N) is 1. The quantitative estimate of drug-likeness (QED) is 0.656. The van der Waals surface area contributed by atoms with Crippen LogP contribution in [0.2, 0.25) is 0 Å². The fourth-order valence-electron chi connectivity index (χ4n) is 3.57. The summed E-state index contributed by atoms with van der Waals surface area (Å²) in [6.45, 7) is 0. The van der Waals surface area contributed by atoms with Gasteiger partial charge in [0.25, 0.3) is 0 Å². The van der Waals surface area contributed by atoms with E-state index in [1.165, 1.54) is 12.1 Å². The molecule has 152 valence electrons. The lowest BCUT2D eigenvalue weighted by Crippen LogP contribution is -2.21. The van der Waals surface area contributed by atoms with E-state index in [0.717, 1.165) is 11.3 Å². The third kappa shape index (κ3) is 3.83. The summed E-state index contributed by atoms with van der Waals surface area (Å²) in [7, 11) is -3.81. The molecule has 0 aliphatic carbocycles. The van der Waals surface area contributed by atoms with Crippen LogP contribution in [0.5, 0.6) is 0 Å². The van der Waals surface area contributed by atoms with Gasteiger partial charge in [-0.25, -0.2) is 18.4 Å². The Balaban J connectivity index is 1.80. The van der Waals surface area contributed by atoms with Crippen LogP contribution in [0.25, 0.3) is 0 Å². The number of carboxylic acids is 1. The molecule has 1 unspecified atom stereocenters. The molecule has 0 bridgehead atoms. The molecule has 30 heavy (non-hydrogen) atoms. The molecule has 7 nitrogen and oxygen atoms in total. The van der Waals surface area contributed by atoms with E-state index in [-0.39, 0.29) is 16.5 Å². The van der Waals surface area contributed by atoms with Crippen LogP contribution in [-0.2, 0) is 10.0 Å². The van der Waals surface area contributed by atoms with E-state index in [0.29, 0.717) is 17.7 Å². The molecule has 0 spiro atoms. The molecule has 0 saturated carbocycles. The molecule has 3 N–H and O–H groups in total. The van der Waals surface area contributed by atoms with Gasteiger partial charge in [0.05, 0.1) is 27.9 Å². The number of hydrazone groups is 1. The van der Waals surface area contributed by atoms with Gasteiger partial charge in [0.2, 0.25) is 10.0 Å². The molecular formula is C22H19N3O4S. The number of nitrogens with zero attached hydrogens (tertiary/aromatic N) is 2. The van der Waals surface area contributed by atoms with Gasteiger partial charge in [0.1, 0.15) is 0 Å². The van der Waals surface area contributed by atoms with E-state index in [9.17, 15) is 18.3 Å². The van der Waals surface area contributed by atoms with Crippen LogP contribution in [0.1, 0.15) is 33.9 Å². The van der Waals surface area contributed by atoms with Crippen molar-refractivity contribution in [2.45, 2.75) is 17.4 Å². The first-order valence-electron chi connectivity index (χ1n) is 9.22. The van der Waals surface area contributed by atoms with Crippen molar-refractivity contribution in [2.24, 2.45) is 10.2 Å². The Morgan fingerprint density at radius 3 is 2.23 bits per heavy atom. The minimum absolute atomic E-state index is 0.000181. The number of hydrogen-bond acceptors (Lipinski definition) is 5. The summed E-state index contributed by atoms with van der Waals surface area (Å²) < 4.78 is 23.2. The van der Waals surface area contributed by atoms with Gasteiger partial charge in [-0.2, -0.15) is 5.10 Å². The minimum Gasteiger partial charge on any atom is -0.478 e. The lowest BCUT2D eigenvalue weighted by molar-refractivity contribution is 0.0695. The summed E-state index contributed by atoms with van der Waals surface area (Å²) >= 11 is 0. The van der Waals surface area contributed by atoms with Crippen LogP contribution in [0.3, 0.4) is 0 Å². The predicted octanol–water partition coefficient (Wildman–Crippen LogP) is 3.39. The Hall–Kier alpha value is -3.49. The maximum absolute atomic E-state index is 11.8. The average molecular weight is 421 g/mol. The van der Waals surface area contributed by atoms with Gasteiger partial charge in [0, 0.05) is 6.42 Å². The van der Waals surface area contributed by atoms with Crippen molar-refractivity contribution in [3.63, 3.8) is 0 Å². The number of benzene rings is 3. The monoisotopic (exact) mass is 421 g/mol. The van der Waals surface area contributed by atoms with Crippen molar-refractivity contribution in [1.29, 1.82) is 0 Å². The molecular weight excluding hydrogens is 402 g/mol. The highest BCUT2D eigenvalue weighted by molar-refractivity contribution is 7.89. The number of primary sulfonamides is 1. The fraction of sp³-hybridized carbons (Fsp3) is 0.0909. The first-order valence-corrected chi connectivity index (χ1v) is 10.8. The Labute approximate surface area is 174 Å². The zero-order valence-electron chi connectivity index (χ0n) is 15.8. The van der Waals surface area contributed by atoms with E-state index in [1.54, 1.807) is 41.4 Å². The van der Waals surface area contributed by atoms with E-state index in [4.69, 9.17) is 10.2 Å². The summed E-state index contributed by atoms with van der Waals surface area (Å²) in [5, 5.41) is 21.3. The summed E-state index contributed by atoms with van der Waals surface area (Å²) in [6, 6.07) is 22.2. The second-order valence-corrected chi connectivity index (χ2v) is 8.47. The number of anilines is 1. The largest absolute Gasteiger partial charge is 0.478 e. The van der Waals surface area contributed by atoms with Crippen LogP contribution < -0.4 is 10.1 Å². The molecule has 8 heteroatoms. The van der Waals surface area contributed by atoms with Gasteiger partial charge in [0.15, 0.2) is 0 Å². The molecule has 0 fully saturated rings. The summed E-state index contributed by atoms with van der Waals surface area (Å²) in [5.74, 6) is -1.01. The molecule has 1 heterocycles. The Bertz CT molecular complexity index is 1220. The van der Waals surface area contributed by atoms with Crippen molar-refractivity contribution in [3.05, 3.63) is 95.6 Å². The molecule has 0 amide bonds. The Morgan fingerprint density at radius 1 is 0.967 bits per heavy atom.